The lowest BCUT2D eigenvalue weighted by molar-refractivity contribution is 0.177. The van der Waals surface area contributed by atoms with E-state index in [2.05, 4.69) is 10.1 Å². The van der Waals surface area contributed by atoms with Crippen LogP contribution in [0.3, 0.4) is 0 Å². The van der Waals surface area contributed by atoms with Gasteiger partial charge in [-0.1, -0.05) is 53.2 Å². The van der Waals surface area contributed by atoms with Crippen LogP contribution in [0.1, 0.15) is 24.0 Å². The molecule has 7 nitrogen and oxygen atoms in total. The second-order valence-electron chi connectivity index (χ2n) is 8.02. The number of benzene rings is 2. The van der Waals surface area contributed by atoms with Gasteiger partial charge in [-0.2, -0.15) is 4.31 Å². The number of hydrogen-bond donors (Lipinski definition) is 0. The van der Waals surface area contributed by atoms with E-state index >= 15 is 0 Å². The lowest BCUT2D eigenvalue weighted by Gasteiger charge is -2.23. The minimum absolute atomic E-state index is 0.152. The monoisotopic (exact) mass is 455 g/mol. The van der Waals surface area contributed by atoms with Gasteiger partial charge in [0.25, 0.3) is 0 Å². The van der Waals surface area contributed by atoms with Gasteiger partial charge < -0.3 is 14.2 Å². The molecule has 0 N–H and O–H groups in total. The van der Waals surface area contributed by atoms with E-state index in [1.165, 1.54) is 4.31 Å². The molecule has 1 aliphatic heterocycles. The van der Waals surface area contributed by atoms with E-state index in [0.29, 0.717) is 11.6 Å². The second kappa shape index (κ2) is 9.85. The zero-order valence-electron chi connectivity index (χ0n) is 18.5. The van der Waals surface area contributed by atoms with Crippen molar-refractivity contribution in [2.75, 3.05) is 38.3 Å². The van der Waals surface area contributed by atoms with Crippen LogP contribution in [0.5, 0.6) is 0 Å². The van der Waals surface area contributed by atoms with Crippen LogP contribution in [-0.2, 0) is 21.3 Å². The molecular weight excluding hydrogens is 426 g/mol. The number of rotatable bonds is 9. The highest BCUT2D eigenvalue weighted by Gasteiger charge is 2.31. The van der Waals surface area contributed by atoms with Crippen molar-refractivity contribution in [2.24, 2.45) is 0 Å². The number of hydrogen-bond acceptors (Lipinski definition) is 6. The average molecular weight is 456 g/mol. The Balaban J connectivity index is 1.75. The molecule has 0 unspecified atom stereocenters. The topological polar surface area (TPSA) is 75.9 Å². The Hall–Kier alpha value is -2.68. The minimum Gasteiger partial charge on any atom is -0.383 e. The van der Waals surface area contributed by atoms with Crippen molar-refractivity contribution in [3.63, 3.8) is 0 Å². The van der Waals surface area contributed by atoms with E-state index in [1.54, 1.807) is 19.2 Å². The first-order chi connectivity index (χ1) is 15.5. The first-order valence-corrected chi connectivity index (χ1v) is 12.3. The van der Waals surface area contributed by atoms with Gasteiger partial charge in [0.05, 0.1) is 17.1 Å². The van der Waals surface area contributed by atoms with E-state index in [0.717, 1.165) is 42.6 Å². The highest BCUT2D eigenvalue weighted by Crippen LogP contribution is 2.35. The normalized spacial score (nSPS) is 14.4. The van der Waals surface area contributed by atoms with Crippen molar-refractivity contribution in [1.82, 2.24) is 9.46 Å². The fourth-order valence-corrected chi connectivity index (χ4v) is 5.34. The van der Waals surface area contributed by atoms with E-state index < -0.39 is 10.0 Å². The molecule has 0 atom stereocenters. The molecule has 0 spiro atoms. The van der Waals surface area contributed by atoms with Crippen molar-refractivity contribution in [2.45, 2.75) is 31.2 Å². The summed E-state index contributed by atoms with van der Waals surface area (Å²) in [5, 5.41) is 4.36. The summed E-state index contributed by atoms with van der Waals surface area (Å²) in [4.78, 5) is 2.42. The molecule has 0 radical (unpaired) electrons. The number of aromatic nitrogens is 1. The standard InChI is InChI=1S/C24H29N3O4S/c1-19-10-12-21(13-11-19)32(28,29)27(16-17-30-2)18-22-23(20-8-4-3-5-9-20)25-31-24(22)26-14-6-7-15-26/h3-5,8-13H,6-7,14-18H2,1-2H3. The van der Waals surface area contributed by atoms with Crippen molar-refractivity contribution >= 4 is 15.9 Å². The third kappa shape index (κ3) is 4.72. The van der Waals surface area contributed by atoms with Crippen LogP contribution in [-0.4, -0.2) is 51.2 Å². The van der Waals surface area contributed by atoms with Crippen molar-refractivity contribution in [3.05, 3.63) is 65.7 Å². The van der Waals surface area contributed by atoms with Crippen LogP contribution in [0, 0.1) is 6.92 Å². The molecule has 1 fully saturated rings. The maximum absolute atomic E-state index is 13.6. The minimum atomic E-state index is -3.74. The Labute approximate surface area is 189 Å². The predicted octanol–water partition coefficient (Wildman–Crippen LogP) is 4.09. The average Bonchev–Trinajstić information content (AvgIpc) is 3.47. The van der Waals surface area contributed by atoms with E-state index in [1.807, 2.05) is 49.4 Å². The number of anilines is 1. The van der Waals surface area contributed by atoms with Gasteiger partial charge in [-0.15, -0.1) is 0 Å². The molecular formula is C24H29N3O4S. The van der Waals surface area contributed by atoms with Gasteiger partial charge in [-0.05, 0) is 31.9 Å². The van der Waals surface area contributed by atoms with E-state index in [-0.39, 0.29) is 24.6 Å². The van der Waals surface area contributed by atoms with Gasteiger partial charge in [-0.3, -0.25) is 0 Å². The third-order valence-corrected chi connectivity index (χ3v) is 7.61. The molecule has 3 aromatic rings. The number of sulfonamides is 1. The zero-order valence-corrected chi connectivity index (χ0v) is 19.3. The Morgan fingerprint density at radius 2 is 1.75 bits per heavy atom. The van der Waals surface area contributed by atoms with Gasteiger partial charge in [0.2, 0.25) is 15.9 Å². The lowest BCUT2D eigenvalue weighted by atomic mass is 10.1. The predicted molar refractivity (Wildman–Crippen MR) is 124 cm³/mol. The first-order valence-electron chi connectivity index (χ1n) is 10.9. The fraction of sp³-hybridized carbons (Fsp3) is 0.375. The summed E-state index contributed by atoms with van der Waals surface area (Å²) < 4.78 is 39.6. The van der Waals surface area contributed by atoms with Crippen molar-refractivity contribution in [3.8, 4) is 11.3 Å². The fourth-order valence-electron chi connectivity index (χ4n) is 3.95. The van der Waals surface area contributed by atoms with Gasteiger partial charge in [0.1, 0.15) is 5.69 Å². The largest absolute Gasteiger partial charge is 0.383 e. The van der Waals surface area contributed by atoms with Gasteiger partial charge in [0, 0.05) is 38.9 Å². The molecule has 0 amide bonds. The Morgan fingerprint density at radius 1 is 1.06 bits per heavy atom. The molecule has 1 aromatic heterocycles. The van der Waals surface area contributed by atoms with E-state index in [9.17, 15) is 8.42 Å². The summed E-state index contributed by atoms with van der Waals surface area (Å²) in [5.41, 5.74) is 3.36. The second-order valence-corrected chi connectivity index (χ2v) is 9.96. The van der Waals surface area contributed by atoms with Gasteiger partial charge in [-0.25, -0.2) is 8.42 Å². The molecule has 4 rings (SSSR count). The molecule has 32 heavy (non-hydrogen) atoms. The summed E-state index contributed by atoms with van der Waals surface area (Å²) >= 11 is 0. The lowest BCUT2D eigenvalue weighted by Crippen LogP contribution is -2.34. The summed E-state index contributed by atoms with van der Waals surface area (Å²) in [7, 11) is -2.17. The van der Waals surface area contributed by atoms with Gasteiger partial charge >= 0.3 is 0 Å². The number of methoxy groups -OCH3 is 1. The molecule has 2 aromatic carbocycles. The molecule has 1 aliphatic rings. The van der Waals surface area contributed by atoms with Crippen LogP contribution >= 0.6 is 0 Å². The Morgan fingerprint density at radius 3 is 2.41 bits per heavy atom. The van der Waals surface area contributed by atoms with Crippen LogP contribution in [0.2, 0.25) is 0 Å². The Kier molecular flexibility index (Phi) is 6.93. The molecule has 1 saturated heterocycles. The highest BCUT2D eigenvalue weighted by atomic mass is 32.2. The maximum Gasteiger partial charge on any atom is 0.243 e. The number of aryl methyl sites for hydroxylation is 1. The molecule has 0 bridgehead atoms. The van der Waals surface area contributed by atoms with Crippen LogP contribution in [0.15, 0.2) is 64.0 Å². The molecule has 2 heterocycles. The maximum atomic E-state index is 13.6. The zero-order chi connectivity index (χ0) is 22.6. The molecule has 170 valence electrons. The SMILES string of the molecule is COCCN(Cc1c(-c2ccccc2)noc1N1CCCC1)S(=O)(=O)c1ccc(C)cc1. The van der Waals surface area contributed by atoms with Crippen LogP contribution in [0.25, 0.3) is 11.3 Å². The summed E-state index contributed by atoms with van der Waals surface area (Å²) in [6, 6.07) is 16.7. The van der Waals surface area contributed by atoms with E-state index in [4.69, 9.17) is 9.26 Å². The number of ether oxygens (including phenoxy) is 1. The molecule has 0 saturated carbocycles. The summed E-state index contributed by atoms with van der Waals surface area (Å²) in [6.07, 6.45) is 2.16. The summed E-state index contributed by atoms with van der Waals surface area (Å²) in [6.45, 7) is 4.35. The first kappa shape index (κ1) is 22.5. The summed E-state index contributed by atoms with van der Waals surface area (Å²) in [5.74, 6) is 0.655. The van der Waals surface area contributed by atoms with Gasteiger partial charge in [0.15, 0.2) is 0 Å². The Bertz CT molecular complexity index is 1120. The quantitative estimate of drug-likeness (QED) is 0.484. The van der Waals surface area contributed by atoms with Crippen LogP contribution < -0.4 is 4.90 Å². The molecule has 8 heteroatoms. The van der Waals surface area contributed by atoms with Crippen molar-refractivity contribution < 1.29 is 17.7 Å². The smallest absolute Gasteiger partial charge is 0.243 e. The number of nitrogens with zero attached hydrogens (tertiary/aromatic N) is 3. The third-order valence-electron chi connectivity index (χ3n) is 5.75. The highest BCUT2D eigenvalue weighted by molar-refractivity contribution is 7.89. The van der Waals surface area contributed by atoms with Crippen molar-refractivity contribution in [1.29, 1.82) is 0 Å². The van der Waals surface area contributed by atoms with Crippen LogP contribution in [0.4, 0.5) is 5.88 Å². The molecule has 0 aliphatic carbocycles.